The fraction of sp³-hybridized carbons (Fsp3) is 0.407. The molecule has 2 aromatic carbocycles. The number of nitrogens with one attached hydrogen (secondary N) is 3. The van der Waals surface area contributed by atoms with E-state index in [1.54, 1.807) is 7.11 Å². The van der Waals surface area contributed by atoms with E-state index in [2.05, 4.69) is 20.5 Å². The molecule has 12 nitrogen and oxygen atoms in total. The maximum absolute atomic E-state index is 13.4. The highest BCUT2D eigenvalue weighted by Crippen LogP contribution is 2.37. The van der Waals surface area contributed by atoms with E-state index in [0.29, 0.717) is 37.1 Å². The minimum absolute atomic E-state index is 0.00784. The second kappa shape index (κ2) is 15.7. The van der Waals surface area contributed by atoms with E-state index in [0.717, 1.165) is 0 Å². The first-order valence-electron chi connectivity index (χ1n) is 12.6. The van der Waals surface area contributed by atoms with Crippen molar-refractivity contribution in [2.75, 3.05) is 20.3 Å². The van der Waals surface area contributed by atoms with Crippen molar-refractivity contribution in [2.45, 2.75) is 45.2 Å². The topological polar surface area (TPSA) is 187 Å². The van der Waals surface area contributed by atoms with E-state index in [-0.39, 0.29) is 29.6 Å². The van der Waals surface area contributed by atoms with Crippen LogP contribution in [0.2, 0.25) is 0 Å². The van der Waals surface area contributed by atoms with Gasteiger partial charge in [0.25, 0.3) is 5.91 Å². The number of rotatable bonds is 15. The maximum atomic E-state index is 13.4. The molecule has 0 aliphatic heterocycles. The number of phosphoric acid groups is 1. The molecule has 0 aliphatic carbocycles. The summed E-state index contributed by atoms with van der Waals surface area (Å²) in [5, 5.41) is 17.3. The molecule has 2 unspecified atom stereocenters. The normalized spacial score (nSPS) is 12.6. The maximum Gasteiger partial charge on any atom is 0.524 e. The molecule has 0 heterocycles. The molecule has 0 aliphatic rings. The summed E-state index contributed by atoms with van der Waals surface area (Å²) in [4.78, 5) is 57.3. The number of hydrogen-bond acceptors (Lipinski definition) is 7. The lowest BCUT2D eigenvalue weighted by Crippen LogP contribution is -2.54. The molecule has 2 aromatic rings. The van der Waals surface area contributed by atoms with Crippen molar-refractivity contribution in [3.8, 4) is 11.8 Å². The zero-order chi connectivity index (χ0) is 29.7. The largest absolute Gasteiger partial charge is 0.524 e. The number of methoxy groups -OCH3 is 1. The smallest absolute Gasteiger partial charge is 0.404 e. The molecule has 3 amide bonds. The van der Waals surface area contributed by atoms with Crippen LogP contribution < -0.4 is 20.5 Å². The van der Waals surface area contributed by atoms with Gasteiger partial charge in [-0.15, -0.1) is 0 Å². The third-order valence-electron chi connectivity index (χ3n) is 5.65. The molecule has 0 spiro atoms. The van der Waals surface area contributed by atoms with Crippen LogP contribution in [0.4, 0.5) is 0 Å². The van der Waals surface area contributed by atoms with Gasteiger partial charge in [0.05, 0.1) is 11.6 Å². The average Bonchev–Trinajstić information content (AvgIpc) is 2.90. The highest BCUT2D eigenvalue weighted by molar-refractivity contribution is 7.46. The monoisotopic (exact) mass is 574 g/mol. The van der Waals surface area contributed by atoms with E-state index >= 15 is 0 Å². The molecule has 0 aromatic heterocycles. The van der Waals surface area contributed by atoms with Gasteiger partial charge in [0.2, 0.25) is 11.8 Å². The van der Waals surface area contributed by atoms with E-state index in [1.807, 2.05) is 19.9 Å². The predicted octanol–water partition coefficient (Wildman–Crippen LogP) is 2.05. The average molecular weight is 575 g/mol. The first kappa shape index (κ1) is 32.5. The molecule has 0 saturated heterocycles. The number of nitrogens with zero attached hydrogens (tertiary/aromatic N) is 1. The zero-order valence-corrected chi connectivity index (χ0v) is 23.5. The van der Waals surface area contributed by atoms with Gasteiger partial charge in [0, 0.05) is 32.2 Å². The Bertz CT molecular complexity index is 1220. The third-order valence-corrected chi connectivity index (χ3v) is 6.10. The molecule has 0 fully saturated rings. The summed E-state index contributed by atoms with van der Waals surface area (Å²) in [5.74, 6) is -1.48. The lowest BCUT2D eigenvalue weighted by molar-refractivity contribution is -0.130. The molecule has 0 bridgehead atoms. The number of carbonyl (C=O) groups excluding carboxylic acids is 3. The Morgan fingerprint density at radius 2 is 1.62 bits per heavy atom. The van der Waals surface area contributed by atoms with Crippen LogP contribution in [0, 0.1) is 17.2 Å². The molecular weight excluding hydrogens is 539 g/mol. The van der Waals surface area contributed by atoms with Crippen LogP contribution in [0.15, 0.2) is 48.5 Å². The molecule has 0 radical (unpaired) electrons. The fourth-order valence-corrected chi connectivity index (χ4v) is 4.13. The Morgan fingerprint density at radius 3 is 2.17 bits per heavy atom. The van der Waals surface area contributed by atoms with Gasteiger partial charge < -0.3 is 25.2 Å². The molecular formula is C27H35N4O8P. The number of carbonyl (C=O) groups is 3. The summed E-state index contributed by atoms with van der Waals surface area (Å²) in [7, 11) is -3.18. The lowest BCUT2D eigenvalue weighted by atomic mass is 10.0. The van der Waals surface area contributed by atoms with Crippen LogP contribution in [0.25, 0.3) is 0 Å². The van der Waals surface area contributed by atoms with Crippen molar-refractivity contribution in [1.82, 2.24) is 16.0 Å². The van der Waals surface area contributed by atoms with Gasteiger partial charge in [0.15, 0.2) is 0 Å². The standard InChI is InChI=1S/C27H35N4O8P/c1-18(2)15-23(26(33)29-13-4-14-38-3)31-27(34)24(30-25(32)21-9-5-20(17-28)6-10-21)16-19-7-11-22(12-8-19)39-40(35,36)37/h5-12,18,23-24H,4,13-16H2,1-3H3,(H,29,33)(H,30,32)(H,31,34)(H2,35,36,37). The van der Waals surface area contributed by atoms with Gasteiger partial charge in [0.1, 0.15) is 17.8 Å². The SMILES string of the molecule is COCCCNC(=O)C(CC(C)C)NC(=O)C(Cc1ccc(OP(=O)(O)O)cc1)NC(=O)c1ccc(C#N)cc1. The number of hydrogen-bond donors (Lipinski definition) is 5. The van der Waals surface area contributed by atoms with Crippen molar-refractivity contribution in [3.05, 3.63) is 65.2 Å². The Morgan fingerprint density at radius 1 is 0.975 bits per heavy atom. The molecule has 2 rings (SSSR count). The summed E-state index contributed by atoms with van der Waals surface area (Å²) in [5.41, 5.74) is 1.16. The van der Waals surface area contributed by atoms with Gasteiger partial charge in [-0.2, -0.15) is 5.26 Å². The quantitative estimate of drug-likeness (QED) is 0.157. The van der Waals surface area contributed by atoms with Crippen LogP contribution in [-0.4, -0.2) is 59.9 Å². The highest BCUT2D eigenvalue weighted by Gasteiger charge is 2.28. The minimum atomic E-state index is -4.74. The second-order valence-corrected chi connectivity index (χ2v) is 10.6. The number of amides is 3. The van der Waals surface area contributed by atoms with Crippen molar-refractivity contribution in [2.24, 2.45) is 5.92 Å². The Labute approximate surface area is 233 Å². The van der Waals surface area contributed by atoms with Crippen molar-refractivity contribution >= 4 is 25.5 Å². The predicted molar refractivity (Wildman–Crippen MR) is 146 cm³/mol. The van der Waals surface area contributed by atoms with Gasteiger partial charge in [-0.3, -0.25) is 24.2 Å². The zero-order valence-electron chi connectivity index (χ0n) is 22.6. The minimum Gasteiger partial charge on any atom is -0.404 e. The fourth-order valence-electron chi connectivity index (χ4n) is 3.73. The molecule has 13 heteroatoms. The molecule has 216 valence electrons. The van der Waals surface area contributed by atoms with Crippen molar-refractivity contribution in [3.63, 3.8) is 0 Å². The van der Waals surface area contributed by atoms with Gasteiger partial charge in [-0.05, 0) is 60.7 Å². The van der Waals surface area contributed by atoms with Crippen LogP contribution in [0.5, 0.6) is 5.75 Å². The number of ether oxygens (including phenoxy) is 1. The summed E-state index contributed by atoms with van der Waals surface area (Å²) in [6.45, 7) is 4.69. The first-order chi connectivity index (χ1) is 18.9. The van der Waals surface area contributed by atoms with Crippen molar-refractivity contribution < 1.29 is 38.0 Å². The van der Waals surface area contributed by atoms with Gasteiger partial charge in [-0.25, -0.2) is 4.57 Å². The number of nitriles is 1. The Balaban J connectivity index is 2.25. The molecule has 40 heavy (non-hydrogen) atoms. The summed E-state index contributed by atoms with van der Waals surface area (Å²) < 4.78 is 20.6. The molecule has 5 N–H and O–H groups in total. The molecule has 0 saturated carbocycles. The number of benzene rings is 2. The Kier molecular flexibility index (Phi) is 12.8. The summed E-state index contributed by atoms with van der Waals surface area (Å²) >= 11 is 0. The van der Waals surface area contributed by atoms with Crippen LogP contribution in [0.3, 0.4) is 0 Å². The second-order valence-electron chi connectivity index (χ2n) is 9.47. The van der Waals surface area contributed by atoms with Crippen molar-refractivity contribution in [1.29, 1.82) is 5.26 Å². The number of phosphoric ester groups is 1. The third kappa shape index (κ3) is 11.6. The van der Waals surface area contributed by atoms with Crippen LogP contribution >= 0.6 is 7.82 Å². The van der Waals surface area contributed by atoms with E-state index in [1.165, 1.54) is 48.5 Å². The van der Waals surface area contributed by atoms with Gasteiger partial charge in [-0.1, -0.05) is 26.0 Å². The van der Waals surface area contributed by atoms with Crippen LogP contribution in [-0.2, 0) is 25.3 Å². The van der Waals surface area contributed by atoms with E-state index in [9.17, 15) is 18.9 Å². The molecule has 2 atom stereocenters. The van der Waals surface area contributed by atoms with E-state index < -0.39 is 31.7 Å². The van der Waals surface area contributed by atoms with Crippen LogP contribution in [0.1, 0.15) is 48.2 Å². The van der Waals surface area contributed by atoms with E-state index in [4.69, 9.17) is 19.8 Å². The Hall–Kier alpha value is -3.75. The first-order valence-corrected chi connectivity index (χ1v) is 14.2. The van der Waals surface area contributed by atoms with Gasteiger partial charge >= 0.3 is 7.82 Å². The lowest BCUT2D eigenvalue weighted by Gasteiger charge is -2.24. The highest BCUT2D eigenvalue weighted by atomic mass is 31.2. The summed E-state index contributed by atoms with van der Waals surface area (Å²) in [6.07, 6.45) is 0.982. The summed E-state index contributed by atoms with van der Waals surface area (Å²) in [6, 6.07) is 11.6.